The zero-order valence-electron chi connectivity index (χ0n) is 10.5. The first kappa shape index (κ1) is 12.3. The molecule has 3 rings (SSSR count). The quantitative estimate of drug-likeness (QED) is 0.743. The molecule has 5 nitrogen and oxygen atoms in total. The predicted octanol–water partition coefficient (Wildman–Crippen LogP) is -0.226. The van der Waals surface area contributed by atoms with Crippen LogP contribution in [0, 0.1) is 5.92 Å². The second-order valence-electron chi connectivity index (χ2n) is 5.51. The number of carbonyl (C=O) groups is 2. The number of thioether (sulfide) groups is 1. The summed E-state index contributed by atoms with van der Waals surface area (Å²) in [5, 5.41) is 6.15. The molecule has 3 fully saturated rings. The fourth-order valence-corrected chi connectivity index (χ4v) is 3.69. The minimum Gasteiger partial charge on any atom is -0.350 e. The highest BCUT2D eigenvalue weighted by Crippen LogP contribution is 2.37. The van der Waals surface area contributed by atoms with Crippen LogP contribution in [0.15, 0.2) is 0 Å². The molecule has 0 spiro atoms. The Balaban J connectivity index is 1.52. The van der Waals surface area contributed by atoms with Crippen molar-refractivity contribution in [1.29, 1.82) is 0 Å². The van der Waals surface area contributed by atoms with Crippen molar-refractivity contribution in [2.45, 2.75) is 37.9 Å². The van der Waals surface area contributed by atoms with Gasteiger partial charge in [0.25, 0.3) is 0 Å². The molecule has 6 heteroatoms. The Labute approximate surface area is 111 Å². The second kappa shape index (κ2) is 4.74. The number of nitrogens with one attached hydrogen (secondary N) is 2. The first-order chi connectivity index (χ1) is 8.65. The van der Waals surface area contributed by atoms with Gasteiger partial charge in [-0.2, -0.15) is 0 Å². The number of likely N-dealkylation sites (tertiary alicyclic amines) is 1. The van der Waals surface area contributed by atoms with Gasteiger partial charge in [-0.15, -0.1) is 11.8 Å². The van der Waals surface area contributed by atoms with E-state index in [9.17, 15) is 9.59 Å². The molecule has 100 valence electrons. The molecule has 0 aromatic rings. The van der Waals surface area contributed by atoms with Crippen LogP contribution in [-0.4, -0.2) is 53.0 Å². The van der Waals surface area contributed by atoms with Gasteiger partial charge in [0.05, 0.1) is 12.1 Å². The monoisotopic (exact) mass is 269 g/mol. The number of nitrogens with zero attached hydrogens (tertiary/aromatic N) is 1. The average molecular weight is 269 g/mol. The van der Waals surface area contributed by atoms with E-state index < -0.39 is 0 Å². The Bertz CT molecular complexity index is 370. The number of amides is 2. The Kier molecular flexibility index (Phi) is 3.23. The Morgan fingerprint density at radius 3 is 2.94 bits per heavy atom. The van der Waals surface area contributed by atoms with E-state index in [4.69, 9.17) is 0 Å². The topological polar surface area (TPSA) is 61.4 Å². The average Bonchev–Trinajstić information content (AvgIpc) is 2.80. The van der Waals surface area contributed by atoms with Crippen LogP contribution in [0.25, 0.3) is 0 Å². The summed E-state index contributed by atoms with van der Waals surface area (Å²) >= 11 is 1.74. The molecular weight excluding hydrogens is 250 g/mol. The van der Waals surface area contributed by atoms with E-state index in [1.54, 1.807) is 11.8 Å². The largest absolute Gasteiger partial charge is 0.350 e. The maximum Gasteiger partial charge on any atom is 0.238 e. The Morgan fingerprint density at radius 2 is 2.33 bits per heavy atom. The number of rotatable bonds is 3. The van der Waals surface area contributed by atoms with E-state index in [2.05, 4.69) is 17.6 Å². The third-order valence-corrected chi connectivity index (χ3v) is 4.94. The van der Waals surface area contributed by atoms with Crippen molar-refractivity contribution in [2.75, 3.05) is 18.2 Å². The summed E-state index contributed by atoms with van der Waals surface area (Å²) in [6.07, 6.45) is 1.59. The molecule has 0 unspecified atom stereocenters. The van der Waals surface area contributed by atoms with Crippen LogP contribution in [0.5, 0.6) is 0 Å². The number of carbonyl (C=O) groups excluding carboxylic acids is 2. The van der Waals surface area contributed by atoms with Gasteiger partial charge in [0.2, 0.25) is 11.8 Å². The molecule has 0 aromatic heterocycles. The number of hydrogen-bond donors (Lipinski definition) is 2. The molecule has 3 aliphatic rings. The van der Waals surface area contributed by atoms with Gasteiger partial charge >= 0.3 is 0 Å². The van der Waals surface area contributed by atoms with Gasteiger partial charge in [-0.3, -0.25) is 14.9 Å². The molecule has 2 N–H and O–H groups in total. The fraction of sp³-hybridized carbons (Fsp3) is 0.833. The maximum absolute atomic E-state index is 11.9. The van der Waals surface area contributed by atoms with E-state index in [1.807, 2.05) is 4.90 Å². The van der Waals surface area contributed by atoms with Gasteiger partial charge in [-0.25, -0.2) is 0 Å². The van der Waals surface area contributed by atoms with Gasteiger partial charge in [-0.1, -0.05) is 6.92 Å². The van der Waals surface area contributed by atoms with Crippen LogP contribution >= 0.6 is 11.8 Å². The highest BCUT2D eigenvalue weighted by atomic mass is 32.2. The van der Waals surface area contributed by atoms with Crippen LogP contribution in [0.3, 0.4) is 0 Å². The smallest absolute Gasteiger partial charge is 0.238 e. The summed E-state index contributed by atoms with van der Waals surface area (Å²) in [5.41, 5.74) is 0. The normalized spacial score (nSPS) is 39.2. The zero-order chi connectivity index (χ0) is 12.7. The SMILES string of the molecule is C[C@@H]1C[C@@H]1N1C[C@H](NC(=O)[C@H]2CSCN2)CC1=O. The molecule has 0 radical (unpaired) electrons. The molecule has 2 amide bonds. The summed E-state index contributed by atoms with van der Waals surface area (Å²) in [7, 11) is 0. The summed E-state index contributed by atoms with van der Waals surface area (Å²) in [5.74, 6) is 2.55. The highest BCUT2D eigenvalue weighted by molar-refractivity contribution is 7.99. The second-order valence-corrected chi connectivity index (χ2v) is 6.54. The van der Waals surface area contributed by atoms with Crippen LogP contribution in [0.4, 0.5) is 0 Å². The van der Waals surface area contributed by atoms with E-state index in [1.165, 1.54) is 0 Å². The fourth-order valence-electron chi connectivity index (χ4n) is 2.75. The standard InChI is InChI=1S/C12H19N3O2S/c1-7-2-10(7)15-4-8(3-11(15)16)14-12(17)9-5-18-6-13-9/h7-10,13H,2-6H2,1H3,(H,14,17)/t7-,8-,9-,10+/m1/s1. The Morgan fingerprint density at radius 1 is 1.56 bits per heavy atom. The van der Waals surface area contributed by atoms with Crippen molar-refractivity contribution >= 4 is 23.6 Å². The minimum absolute atomic E-state index is 0.00481. The zero-order valence-corrected chi connectivity index (χ0v) is 11.3. The molecule has 0 bridgehead atoms. The first-order valence-corrected chi connectivity index (χ1v) is 7.71. The molecular formula is C12H19N3O2S. The molecule has 0 aromatic carbocycles. The molecule has 18 heavy (non-hydrogen) atoms. The minimum atomic E-state index is -0.0843. The lowest BCUT2D eigenvalue weighted by molar-refractivity contribution is -0.128. The van der Waals surface area contributed by atoms with Crippen molar-refractivity contribution in [3.05, 3.63) is 0 Å². The lowest BCUT2D eigenvalue weighted by Crippen LogP contribution is -2.47. The van der Waals surface area contributed by atoms with Crippen molar-refractivity contribution in [3.63, 3.8) is 0 Å². The Hall–Kier alpha value is -0.750. The summed E-state index contributed by atoms with van der Waals surface area (Å²) in [4.78, 5) is 25.8. The van der Waals surface area contributed by atoms with Gasteiger partial charge in [0.15, 0.2) is 0 Å². The molecule has 1 aliphatic carbocycles. The van der Waals surface area contributed by atoms with E-state index in [-0.39, 0.29) is 23.9 Å². The lowest BCUT2D eigenvalue weighted by Gasteiger charge is -2.18. The third-order valence-electron chi connectivity index (χ3n) is 4.00. The van der Waals surface area contributed by atoms with Gasteiger partial charge < -0.3 is 10.2 Å². The van der Waals surface area contributed by atoms with Crippen LogP contribution in [0.1, 0.15) is 19.8 Å². The van der Waals surface area contributed by atoms with Gasteiger partial charge in [0.1, 0.15) is 0 Å². The van der Waals surface area contributed by atoms with Crippen molar-refractivity contribution < 1.29 is 9.59 Å². The highest BCUT2D eigenvalue weighted by Gasteiger charge is 2.45. The molecule has 2 heterocycles. The van der Waals surface area contributed by atoms with E-state index in [0.29, 0.717) is 24.9 Å². The van der Waals surface area contributed by atoms with Crippen molar-refractivity contribution in [3.8, 4) is 0 Å². The van der Waals surface area contributed by atoms with Gasteiger partial charge in [0, 0.05) is 30.6 Å². The first-order valence-electron chi connectivity index (χ1n) is 6.56. The van der Waals surface area contributed by atoms with Crippen LogP contribution in [0.2, 0.25) is 0 Å². The van der Waals surface area contributed by atoms with Crippen molar-refractivity contribution in [2.24, 2.45) is 5.92 Å². The van der Waals surface area contributed by atoms with Gasteiger partial charge in [-0.05, 0) is 12.3 Å². The summed E-state index contributed by atoms with van der Waals surface area (Å²) in [6.45, 7) is 2.86. The van der Waals surface area contributed by atoms with Crippen molar-refractivity contribution in [1.82, 2.24) is 15.5 Å². The molecule has 2 saturated heterocycles. The predicted molar refractivity (Wildman–Crippen MR) is 70.1 cm³/mol. The summed E-state index contributed by atoms with van der Waals surface area (Å²) < 4.78 is 0. The molecule has 2 aliphatic heterocycles. The van der Waals surface area contributed by atoms with Crippen LogP contribution in [-0.2, 0) is 9.59 Å². The third kappa shape index (κ3) is 2.36. The molecule has 4 atom stereocenters. The molecule has 1 saturated carbocycles. The van der Waals surface area contributed by atoms with Crippen LogP contribution < -0.4 is 10.6 Å². The van der Waals surface area contributed by atoms with E-state index in [0.717, 1.165) is 18.1 Å². The lowest BCUT2D eigenvalue weighted by atomic mass is 10.2. The summed E-state index contributed by atoms with van der Waals surface area (Å²) in [6, 6.07) is 0.351. The number of hydrogen-bond acceptors (Lipinski definition) is 4. The maximum atomic E-state index is 11.9. The van der Waals surface area contributed by atoms with E-state index >= 15 is 0 Å².